The molecule has 5 nitrogen and oxygen atoms in total. The number of rotatable bonds is 2. The molecule has 0 radical (unpaired) electrons. The summed E-state index contributed by atoms with van der Waals surface area (Å²) < 4.78 is 4.63. The normalized spacial score (nSPS) is 18.2. The summed E-state index contributed by atoms with van der Waals surface area (Å²) in [6, 6.07) is 0. The van der Waals surface area contributed by atoms with Gasteiger partial charge < -0.3 is 14.5 Å². The Morgan fingerprint density at radius 3 is 2.19 bits per heavy atom. The monoisotopic (exact) mass is 292 g/mol. The van der Waals surface area contributed by atoms with Gasteiger partial charge in [-0.15, -0.1) is 0 Å². The maximum absolute atomic E-state index is 11.8. The zero-order valence-corrected chi connectivity index (χ0v) is 11.2. The molecule has 16 heavy (non-hydrogen) atoms. The van der Waals surface area contributed by atoms with Crippen molar-refractivity contribution in [2.24, 2.45) is 0 Å². The number of halogens is 1. The molecule has 1 fully saturated rings. The third kappa shape index (κ3) is 3.10. The van der Waals surface area contributed by atoms with E-state index in [0.29, 0.717) is 26.2 Å². The molecule has 0 aromatic heterocycles. The van der Waals surface area contributed by atoms with Gasteiger partial charge in [-0.2, -0.15) is 0 Å². The molecule has 1 aliphatic rings. The Balaban J connectivity index is 2.43. The smallest absolute Gasteiger partial charge is 0.409 e. The van der Waals surface area contributed by atoms with Crippen molar-refractivity contribution in [1.29, 1.82) is 0 Å². The molecular weight excluding hydrogens is 276 g/mol. The molecule has 1 unspecified atom stereocenters. The fourth-order valence-corrected chi connectivity index (χ4v) is 1.90. The molecule has 0 bridgehead atoms. The Labute approximate surface area is 104 Å². The maximum atomic E-state index is 11.8. The van der Waals surface area contributed by atoms with Crippen LogP contribution in [0.3, 0.4) is 0 Å². The van der Waals surface area contributed by atoms with Gasteiger partial charge in [0.25, 0.3) is 0 Å². The zero-order valence-electron chi connectivity index (χ0n) is 9.61. The summed E-state index contributed by atoms with van der Waals surface area (Å²) in [4.78, 5) is 26.3. The second kappa shape index (κ2) is 6.08. The summed E-state index contributed by atoms with van der Waals surface area (Å²) >= 11 is 3.34. The number of amides is 2. The van der Waals surface area contributed by atoms with Gasteiger partial charge in [-0.3, -0.25) is 4.79 Å². The topological polar surface area (TPSA) is 49.9 Å². The lowest BCUT2D eigenvalue weighted by atomic mass is 10.2. The lowest BCUT2D eigenvalue weighted by Gasteiger charge is -2.34. The van der Waals surface area contributed by atoms with Crippen LogP contribution in [0.4, 0.5) is 4.79 Å². The molecule has 0 aromatic rings. The van der Waals surface area contributed by atoms with E-state index in [9.17, 15) is 9.59 Å². The molecule has 6 heteroatoms. The lowest BCUT2D eigenvalue weighted by Crippen LogP contribution is -2.52. The van der Waals surface area contributed by atoms with E-state index in [2.05, 4.69) is 20.7 Å². The van der Waals surface area contributed by atoms with Crippen molar-refractivity contribution in [1.82, 2.24) is 9.80 Å². The number of carbonyl (C=O) groups excluding carboxylic acids is 2. The summed E-state index contributed by atoms with van der Waals surface area (Å²) in [6.45, 7) is 4.21. The second-order valence-corrected chi connectivity index (χ2v) is 4.76. The van der Waals surface area contributed by atoms with E-state index in [0.717, 1.165) is 6.42 Å². The number of hydrogen-bond donors (Lipinski definition) is 0. The average molecular weight is 293 g/mol. The number of ether oxygens (including phenoxy) is 1. The third-order valence-corrected chi connectivity index (χ3v) is 3.69. The van der Waals surface area contributed by atoms with Crippen LogP contribution in [0.1, 0.15) is 13.3 Å². The van der Waals surface area contributed by atoms with Crippen LogP contribution in [0.25, 0.3) is 0 Å². The number of piperazine rings is 1. The van der Waals surface area contributed by atoms with Crippen LogP contribution >= 0.6 is 15.9 Å². The standard InChI is InChI=1S/C10H17BrN2O3/c1-3-8(11)9(14)12-4-6-13(7-5-12)10(15)16-2/h8H,3-7H2,1-2H3. The molecular formula is C10H17BrN2O3. The van der Waals surface area contributed by atoms with Crippen molar-refractivity contribution in [3.8, 4) is 0 Å². The minimum atomic E-state index is -0.321. The predicted molar refractivity (Wildman–Crippen MR) is 63.6 cm³/mol. The first-order valence-corrected chi connectivity index (χ1v) is 6.27. The number of hydrogen-bond acceptors (Lipinski definition) is 3. The highest BCUT2D eigenvalue weighted by atomic mass is 79.9. The summed E-state index contributed by atoms with van der Waals surface area (Å²) in [5.74, 6) is 0.104. The minimum Gasteiger partial charge on any atom is -0.453 e. The van der Waals surface area contributed by atoms with E-state index in [1.165, 1.54) is 7.11 Å². The SMILES string of the molecule is CCC(Br)C(=O)N1CCN(C(=O)OC)CC1. The molecule has 0 N–H and O–H groups in total. The largest absolute Gasteiger partial charge is 0.453 e. The second-order valence-electron chi connectivity index (χ2n) is 3.66. The van der Waals surface area contributed by atoms with Gasteiger partial charge in [0.15, 0.2) is 0 Å². The molecule has 0 aromatic carbocycles. The fourth-order valence-electron chi connectivity index (χ4n) is 1.61. The van der Waals surface area contributed by atoms with Crippen LogP contribution in [0.15, 0.2) is 0 Å². The van der Waals surface area contributed by atoms with E-state index >= 15 is 0 Å². The lowest BCUT2D eigenvalue weighted by molar-refractivity contribution is -0.132. The predicted octanol–water partition coefficient (Wildman–Crippen LogP) is 1.07. The van der Waals surface area contributed by atoms with Crippen LogP contribution < -0.4 is 0 Å². The highest BCUT2D eigenvalue weighted by Gasteiger charge is 2.26. The Kier molecular flexibility index (Phi) is 5.05. The maximum Gasteiger partial charge on any atom is 0.409 e. The van der Waals surface area contributed by atoms with Crippen molar-refractivity contribution in [3.63, 3.8) is 0 Å². The fraction of sp³-hybridized carbons (Fsp3) is 0.800. The van der Waals surface area contributed by atoms with Crippen LogP contribution in [0.5, 0.6) is 0 Å². The molecule has 1 rings (SSSR count). The molecule has 0 aliphatic carbocycles. The number of alkyl halides is 1. The zero-order chi connectivity index (χ0) is 12.1. The van der Waals surface area contributed by atoms with E-state index in [1.807, 2.05) is 6.92 Å². The molecule has 0 spiro atoms. The van der Waals surface area contributed by atoms with E-state index in [1.54, 1.807) is 9.80 Å². The van der Waals surface area contributed by atoms with Gasteiger partial charge in [0.2, 0.25) is 5.91 Å². The molecule has 1 saturated heterocycles. The summed E-state index contributed by atoms with van der Waals surface area (Å²) in [5.41, 5.74) is 0. The van der Waals surface area contributed by atoms with Gasteiger partial charge in [0, 0.05) is 26.2 Å². The summed E-state index contributed by atoms with van der Waals surface area (Å²) in [7, 11) is 1.37. The average Bonchev–Trinajstić information content (AvgIpc) is 2.36. The molecule has 92 valence electrons. The first kappa shape index (κ1) is 13.3. The number of carbonyl (C=O) groups is 2. The highest BCUT2D eigenvalue weighted by molar-refractivity contribution is 9.10. The van der Waals surface area contributed by atoms with Crippen LogP contribution in [0.2, 0.25) is 0 Å². The van der Waals surface area contributed by atoms with Crippen molar-refractivity contribution >= 4 is 27.9 Å². The quantitative estimate of drug-likeness (QED) is 0.716. The van der Waals surface area contributed by atoms with Gasteiger partial charge in [0.05, 0.1) is 11.9 Å². The van der Waals surface area contributed by atoms with Crippen molar-refractivity contribution in [2.75, 3.05) is 33.3 Å². The summed E-state index contributed by atoms with van der Waals surface area (Å²) in [5, 5.41) is 0. The Morgan fingerprint density at radius 1 is 1.25 bits per heavy atom. The number of methoxy groups -OCH3 is 1. The van der Waals surface area contributed by atoms with Crippen LogP contribution in [-0.4, -0.2) is 59.9 Å². The highest BCUT2D eigenvalue weighted by Crippen LogP contribution is 2.11. The van der Waals surface area contributed by atoms with E-state index in [-0.39, 0.29) is 16.8 Å². The molecule has 0 saturated carbocycles. The first-order chi connectivity index (χ1) is 7.60. The van der Waals surface area contributed by atoms with E-state index < -0.39 is 0 Å². The van der Waals surface area contributed by atoms with Gasteiger partial charge >= 0.3 is 6.09 Å². The molecule has 1 atom stereocenters. The van der Waals surface area contributed by atoms with Crippen molar-refractivity contribution < 1.29 is 14.3 Å². The van der Waals surface area contributed by atoms with Crippen LogP contribution in [0, 0.1) is 0 Å². The van der Waals surface area contributed by atoms with Gasteiger partial charge in [-0.1, -0.05) is 22.9 Å². The molecule has 2 amide bonds. The van der Waals surface area contributed by atoms with Crippen LogP contribution in [-0.2, 0) is 9.53 Å². The third-order valence-electron chi connectivity index (χ3n) is 2.65. The Morgan fingerprint density at radius 2 is 1.75 bits per heavy atom. The van der Waals surface area contributed by atoms with Gasteiger partial charge in [-0.05, 0) is 6.42 Å². The van der Waals surface area contributed by atoms with E-state index in [4.69, 9.17) is 0 Å². The summed E-state index contributed by atoms with van der Waals surface area (Å²) in [6.07, 6.45) is 0.453. The number of nitrogens with zero attached hydrogens (tertiary/aromatic N) is 2. The molecule has 1 heterocycles. The first-order valence-electron chi connectivity index (χ1n) is 5.35. The Hall–Kier alpha value is -0.780. The van der Waals surface area contributed by atoms with Crippen molar-refractivity contribution in [2.45, 2.75) is 18.2 Å². The van der Waals surface area contributed by atoms with Crippen molar-refractivity contribution in [3.05, 3.63) is 0 Å². The molecule has 1 aliphatic heterocycles. The van der Waals surface area contributed by atoms with Gasteiger partial charge in [-0.25, -0.2) is 4.79 Å². The Bertz CT molecular complexity index is 265. The van der Waals surface area contributed by atoms with Gasteiger partial charge in [0.1, 0.15) is 0 Å². The minimum absolute atomic E-state index is 0.104.